The van der Waals surface area contributed by atoms with Crippen LogP contribution in [0.2, 0.25) is 0 Å². The number of thiophene rings is 1. The number of hydrogen-bond donors (Lipinski definition) is 1. The fourth-order valence-electron chi connectivity index (χ4n) is 4.00. The second kappa shape index (κ2) is 12.3. The van der Waals surface area contributed by atoms with Crippen LogP contribution in [0.5, 0.6) is 0 Å². The van der Waals surface area contributed by atoms with Crippen molar-refractivity contribution in [2.45, 2.75) is 84.2 Å². The maximum Gasteiger partial charge on any atom is 0.348 e. The summed E-state index contributed by atoms with van der Waals surface area (Å²) in [5.41, 5.74) is 1.73. The molecule has 1 fully saturated rings. The number of aliphatic hydroxyl groups is 1. The van der Waals surface area contributed by atoms with Crippen LogP contribution in [-0.4, -0.2) is 35.7 Å². The van der Waals surface area contributed by atoms with Crippen LogP contribution in [0, 0.1) is 0 Å². The quantitative estimate of drug-likeness (QED) is 0.319. The topological polar surface area (TPSA) is 76.1 Å². The molecule has 33 heavy (non-hydrogen) atoms. The third-order valence-corrected chi connectivity index (χ3v) is 6.76. The van der Waals surface area contributed by atoms with Crippen LogP contribution in [0.1, 0.15) is 85.5 Å². The maximum absolute atomic E-state index is 12.5. The molecule has 180 valence electrons. The van der Waals surface area contributed by atoms with Gasteiger partial charge < -0.3 is 19.5 Å². The predicted molar refractivity (Wildman–Crippen MR) is 131 cm³/mol. The van der Waals surface area contributed by atoms with Gasteiger partial charge in [-0.1, -0.05) is 38.3 Å². The van der Waals surface area contributed by atoms with Gasteiger partial charge in [0, 0.05) is 17.0 Å². The predicted octanol–water partition coefficient (Wildman–Crippen LogP) is 5.64. The van der Waals surface area contributed by atoms with Crippen LogP contribution in [0.4, 0.5) is 5.69 Å². The number of aliphatic hydroxyl groups excluding tert-OH is 1. The molecular formula is C26H35NO5S. The molecule has 1 aliphatic heterocycles. The molecule has 1 N–H and O–H groups in total. The normalized spacial score (nSPS) is 17.1. The van der Waals surface area contributed by atoms with Crippen molar-refractivity contribution in [3.8, 4) is 0 Å². The van der Waals surface area contributed by atoms with E-state index in [4.69, 9.17) is 9.47 Å². The van der Waals surface area contributed by atoms with Crippen molar-refractivity contribution in [3.05, 3.63) is 51.7 Å². The first kappa shape index (κ1) is 25.4. The Bertz CT molecular complexity index is 908. The van der Waals surface area contributed by atoms with E-state index in [2.05, 4.69) is 6.92 Å². The maximum atomic E-state index is 12.5. The number of ether oxygens (including phenoxy) is 2. The molecule has 1 amide bonds. The molecule has 6 nitrogen and oxygen atoms in total. The Morgan fingerprint density at radius 2 is 1.94 bits per heavy atom. The summed E-state index contributed by atoms with van der Waals surface area (Å²) in [6.45, 7) is 6.62. The van der Waals surface area contributed by atoms with Gasteiger partial charge in [0.05, 0.1) is 31.5 Å². The molecule has 0 saturated carbocycles. The average molecular weight is 474 g/mol. The van der Waals surface area contributed by atoms with E-state index in [9.17, 15) is 14.7 Å². The summed E-state index contributed by atoms with van der Waals surface area (Å²) in [5.74, 6) is -0.220. The van der Waals surface area contributed by atoms with E-state index in [0.717, 1.165) is 48.2 Å². The lowest BCUT2D eigenvalue weighted by atomic mass is 10.0. The lowest BCUT2D eigenvalue weighted by Gasteiger charge is -2.25. The molecule has 0 spiro atoms. The van der Waals surface area contributed by atoms with Crippen molar-refractivity contribution in [1.29, 1.82) is 0 Å². The largest absolute Gasteiger partial charge is 0.459 e. The standard InChI is InChI=1S/C26H35NO5S/c1-4-5-6-7-23(28)19-8-10-20(11-9-19)27-21(12-15-25(27)29)16-31-17-22-13-14-24(33-22)26(30)32-18(2)3/h8-11,13-14,18,21,23,28H,4-7,12,15-17H2,1-3H3/t21-,23-/m1/s1. The van der Waals surface area contributed by atoms with Crippen LogP contribution in [0.25, 0.3) is 0 Å². The van der Waals surface area contributed by atoms with E-state index < -0.39 is 6.10 Å². The van der Waals surface area contributed by atoms with Crippen molar-refractivity contribution < 1.29 is 24.2 Å². The van der Waals surface area contributed by atoms with E-state index >= 15 is 0 Å². The number of anilines is 1. The molecule has 7 heteroatoms. The number of rotatable bonds is 12. The van der Waals surface area contributed by atoms with Crippen LogP contribution >= 0.6 is 11.3 Å². The van der Waals surface area contributed by atoms with Gasteiger partial charge in [0.15, 0.2) is 0 Å². The third kappa shape index (κ3) is 7.13. The summed E-state index contributed by atoms with van der Waals surface area (Å²) in [4.78, 5) is 27.9. The second-order valence-electron chi connectivity index (χ2n) is 8.79. The monoisotopic (exact) mass is 473 g/mol. The number of amides is 1. The number of carbonyl (C=O) groups excluding carboxylic acids is 2. The molecule has 2 aromatic rings. The SMILES string of the molecule is CCCCC[C@@H](O)c1ccc(N2C(=O)CC[C@@H]2COCc2ccc(C(=O)OC(C)C)s2)cc1. The Hall–Kier alpha value is -2.22. The van der Waals surface area contributed by atoms with Crippen LogP contribution in [0.3, 0.4) is 0 Å². The van der Waals surface area contributed by atoms with Gasteiger partial charge >= 0.3 is 5.97 Å². The molecule has 0 unspecified atom stereocenters. The first-order valence-electron chi connectivity index (χ1n) is 11.9. The van der Waals surface area contributed by atoms with Gasteiger partial charge in [-0.25, -0.2) is 4.79 Å². The van der Waals surface area contributed by atoms with Crippen LogP contribution in [-0.2, 0) is 20.9 Å². The summed E-state index contributed by atoms with van der Waals surface area (Å²) >= 11 is 1.37. The van der Waals surface area contributed by atoms with Crippen LogP contribution < -0.4 is 4.90 Å². The molecule has 1 saturated heterocycles. The first-order valence-corrected chi connectivity index (χ1v) is 12.7. The van der Waals surface area contributed by atoms with Crippen molar-refractivity contribution in [2.24, 2.45) is 0 Å². The van der Waals surface area contributed by atoms with Gasteiger partial charge in [0.2, 0.25) is 5.91 Å². The molecule has 2 heterocycles. The highest BCUT2D eigenvalue weighted by Gasteiger charge is 2.32. The molecule has 1 aromatic carbocycles. The number of benzene rings is 1. The highest BCUT2D eigenvalue weighted by atomic mass is 32.1. The molecule has 0 radical (unpaired) electrons. The van der Waals surface area contributed by atoms with Gasteiger partial charge in [-0.15, -0.1) is 11.3 Å². The summed E-state index contributed by atoms with van der Waals surface area (Å²) < 4.78 is 11.1. The lowest BCUT2D eigenvalue weighted by Crippen LogP contribution is -2.36. The molecule has 3 rings (SSSR count). The highest BCUT2D eigenvalue weighted by Crippen LogP contribution is 2.29. The fourth-order valence-corrected chi connectivity index (χ4v) is 4.83. The molecular weight excluding hydrogens is 438 g/mol. The van der Waals surface area contributed by atoms with Crippen molar-refractivity contribution in [2.75, 3.05) is 11.5 Å². The zero-order valence-corrected chi connectivity index (χ0v) is 20.6. The van der Waals surface area contributed by atoms with Gasteiger partial charge in [-0.05, 0) is 56.5 Å². The minimum atomic E-state index is -0.465. The van der Waals surface area contributed by atoms with E-state index in [0.29, 0.717) is 24.5 Å². The zero-order valence-electron chi connectivity index (χ0n) is 19.8. The molecule has 2 atom stereocenters. The van der Waals surface area contributed by atoms with Gasteiger partial charge in [-0.2, -0.15) is 0 Å². The summed E-state index contributed by atoms with van der Waals surface area (Å²) in [6, 6.07) is 11.3. The highest BCUT2D eigenvalue weighted by molar-refractivity contribution is 7.13. The van der Waals surface area contributed by atoms with E-state index in [1.807, 2.05) is 49.1 Å². The van der Waals surface area contributed by atoms with Gasteiger partial charge in [0.1, 0.15) is 4.88 Å². The number of unbranched alkanes of at least 4 members (excludes halogenated alkanes) is 2. The number of carbonyl (C=O) groups is 2. The second-order valence-corrected chi connectivity index (χ2v) is 9.96. The Morgan fingerprint density at radius 1 is 1.18 bits per heavy atom. The summed E-state index contributed by atoms with van der Waals surface area (Å²) in [6.07, 6.45) is 4.64. The van der Waals surface area contributed by atoms with E-state index in [1.54, 1.807) is 6.07 Å². The van der Waals surface area contributed by atoms with Gasteiger partial charge in [-0.3, -0.25) is 4.79 Å². The smallest absolute Gasteiger partial charge is 0.348 e. The molecule has 1 aliphatic rings. The number of esters is 1. The molecule has 1 aromatic heterocycles. The van der Waals surface area contributed by atoms with Crippen molar-refractivity contribution >= 4 is 28.9 Å². The number of hydrogen-bond acceptors (Lipinski definition) is 6. The number of nitrogens with zero attached hydrogens (tertiary/aromatic N) is 1. The summed E-state index contributed by atoms with van der Waals surface area (Å²) in [7, 11) is 0. The van der Waals surface area contributed by atoms with Crippen molar-refractivity contribution in [3.63, 3.8) is 0 Å². The average Bonchev–Trinajstić information content (AvgIpc) is 3.40. The fraction of sp³-hybridized carbons (Fsp3) is 0.538. The Balaban J connectivity index is 1.54. The van der Waals surface area contributed by atoms with Gasteiger partial charge in [0.25, 0.3) is 0 Å². The molecule has 0 bridgehead atoms. The minimum absolute atomic E-state index is 0.0248. The van der Waals surface area contributed by atoms with Crippen molar-refractivity contribution in [1.82, 2.24) is 0 Å². The Morgan fingerprint density at radius 3 is 2.64 bits per heavy atom. The minimum Gasteiger partial charge on any atom is -0.459 e. The summed E-state index contributed by atoms with van der Waals surface area (Å²) in [5, 5.41) is 10.4. The van der Waals surface area contributed by atoms with Crippen LogP contribution in [0.15, 0.2) is 36.4 Å². The molecule has 0 aliphatic carbocycles. The lowest BCUT2D eigenvalue weighted by molar-refractivity contribution is -0.117. The third-order valence-electron chi connectivity index (χ3n) is 5.72. The first-order chi connectivity index (χ1) is 15.9. The van der Waals surface area contributed by atoms with E-state index in [-0.39, 0.29) is 24.0 Å². The Kier molecular flexibility index (Phi) is 9.47. The van der Waals surface area contributed by atoms with E-state index in [1.165, 1.54) is 11.3 Å². The zero-order chi connectivity index (χ0) is 23.8. The Labute approximate surface area is 200 Å².